The topological polar surface area (TPSA) is 60.0 Å². The molecule has 0 aliphatic carbocycles. The van der Waals surface area contributed by atoms with E-state index in [-0.39, 0.29) is 0 Å². The summed E-state index contributed by atoms with van der Waals surface area (Å²) in [5.74, 6) is 0.994. The molecule has 0 saturated heterocycles. The smallest absolute Gasteiger partial charge is 0.193 e. The van der Waals surface area contributed by atoms with E-state index in [2.05, 4.69) is 26.7 Å². The molecule has 3 rings (SSSR count). The van der Waals surface area contributed by atoms with Gasteiger partial charge in [-0.05, 0) is 0 Å². The Labute approximate surface area is 108 Å². The second-order valence-electron chi connectivity index (χ2n) is 4.11. The summed E-state index contributed by atoms with van der Waals surface area (Å²) in [7, 11) is 1.96. The molecule has 3 aromatic rings. The largest absolute Gasteiger partial charge is 0.321 e. The molecular weight excluding hydrogens is 248 g/mol. The highest BCUT2D eigenvalue weighted by atomic mass is 32.1. The van der Waals surface area contributed by atoms with Gasteiger partial charge >= 0.3 is 0 Å². The number of fused-ring (bicyclic) bond motifs is 1. The lowest BCUT2D eigenvalue weighted by atomic mass is 10.4. The number of imidazole rings is 1. The molecule has 0 spiro atoms. The molecule has 0 amide bonds. The minimum atomic E-state index is 0.784. The number of hydrogen-bond donors (Lipinski definition) is 1. The van der Waals surface area contributed by atoms with Crippen LogP contribution in [0.5, 0.6) is 0 Å². The molecule has 7 heteroatoms. The van der Waals surface area contributed by atoms with Crippen molar-refractivity contribution in [3.63, 3.8) is 0 Å². The maximum absolute atomic E-state index is 4.51. The van der Waals surface area contributed by atoms with Gasteiger partial charge in [0.25, 0.3) is 0 Å². The van der Waals surface area contributed by atoms with Crippen LogP contribution in [0.1, 0.15) is 11.5 Å². The van der Waals surface area contributed by atoms with Crippen molar-refractivity contribution in [1.29, 1.82) is 0 Å². The van der Waals surface area contributed by atoms with Crippen molar-refractivity contribution in [3.8, 4) is 0 Å². The Bertz CT molecular complexity index is 608. The first-order chi connectivity index (χ1) is 8.83. The number of nitrogens with zero attached hydrogens (tertiary/aromatic N) is 5. The Morgan fingerprint density at radius 3 is 3.17 bits per heavy atom. The molecule has 0 atom stereocenters. The molecule has 0 aromatic carbocycles. The SMILES string of the molecule is Cn1cnnc1CCNCc1cn2ccsc2n1. The Morgan fingerprint density at radius 1 is 1.44 bits per heavy atom. The second kappa shape index (κ2) is 4.87. The standard InChI is InChI=1S/C11H14N6S/c1-16-8-13-15-10(16)2-3-12-6-9-7-17-4-5-18-11(17)14-9/h4-5,7-8,12H,2-3,6H2,1H3. The molecule has 0 aliphatic rings. The summed E-state index contributed by atoms with van der Waals surface area (Å²) in [6.45, 7) is 1.66. The first kappa shape index (κ1) is 11.4. The van der Waals surface area contributed by atoms with Crippen LogP contribution in [0.2, 0.25) is 0 Å². The average molecular weight is 262 g/mol. The predicted octanol–water partition coefficient (Wildman–Crippen LogP) is 0.857. The molecule has 6 nitrogen and oxygen atoms in total. The molecular formula is C11H14N6S. The highest BCUT2D eigenvalue weighted by molar-refractivity contribution is 7.15. The molecule has 0 unspecified atom stereocenters. The molecule has 0 fully saturated rings. The van der Waals surface area contributed by atoms with E-state index in [9.17, 15) is 0 Å². The Morgan fingerprint density at radius 2 is 2.39 bits per heavy atom. The fourth-order valence-corrected chi connectivity index (χ4v) is 2.53. The van der Waals surface area contributed by atoms with Crippen LogP contribution in [0, 0.1) is 0 Å². The van der Waals surface area contributed by atoms with Crippen molar-refractivity contribution in [1.82, 2.24) is 29.5 Å². The van der Waals surface area contributed by atoms with Gasteiger partial charge in [0.15, 0.2) is 4.96 Å². The monoisotopic (exact) mass is 262 g/mol. The van der Waals surface area contributed by atoms with Gasteiger partial charge < -0.3 is 9.88 Å². The first-order valence-corrected chi connectivity index (χ1v) is 6.65. The van der Waals surface area contributed by atoms with E-state index in [1.807, 2.05) is 27.6 Å². The first-order valence-electron chi connectivity index (χ1n) is 5.77. The van der Waals surface area contributed by atoms with Gasteiger partial charge in [0, 0.05) is 44.3 Å². The summed E-state index contributed by atoms with van der Waals surface area (Å²) < 4.78 is 3.98. The van der Waals surface area contributed by atoms with Crippen LogP contribution in [0.4, 0.5) is 0 Å². The molecule has 0 aliphatic heterocycles. The van der Waals surface area contributed by atoms with E-state index in [0.717, 1.165) is 36.0 Å². The predicted molar refractivity (Wildman–Crippen MR) is 69.5 cm³/mol. The maximum Gasteiger partial charge on any atom is 0.193 e. The molecule has 0 saturated carbocycles. The van der Waals surface area contributed by atoms with Gasteiger partial charge in [-0.3, -0.25) is 4.40 Å². The summed E-state index contributed by atoms with van der Waals surface area (Å²) in [6.07, 6.45) is 6.68. The lowest BCUT2D eigenvalue weighted by molar-refractivity contribution is 0.647. The van der Waals surface area contributed by atoms with Gasteiger partial charge in [-0.2, -0.15) is 0 Å². The minimum Gasteiger partial charge on any atom is -0.321 e. The summed E-state index contributed by atoms with van der Waals surface area (Å²) in [5, 5.41) is 13.3. The van der Waals surface area contributed by atoms with Gasteiger partial charge in [-0.1, -0.05) is 0 Å². The van der Waals surface area contributed by atoms with Gasteiger partial charge in [0.05, 0.1) is 5.69 Å². The number of rotatable bonds is 5. The zero-order valence-electron chi connectivity index (χ0n) is 10.1. The van der Waals surface area contributed by atoms with Crippen LogP contribution in [0.25, 0.3) is 4.96 Å². The minimum absolute atomic E-state index is 0.784. The van der Waals surface area contributed by atoms with Crippen LogP contribution in [-0.2, 0) is 20.0 Å². The van der Waals surface area contributed by atoms with Gasteiger partial charge in [0.2, 0.25) is 0 Å². The highest BCUT2D eigenvalue weighted by Crippen LogP contribution is 2.10. The van der Waals surface area contributed by atoms with E-state index < -0.39 is 0 Å². The molecule has 0 bridgehead atoms. The Balaban J connectivity index is 1.50. The fourth-order valence-electron chi connectivity index (χ4n) is 1.81. The van der Waals surface area contributed by atoms with Crippen LogP contribution in [-0.4, -0.2) is 30.7 Å². The summed E-state index contributed by atoms with van der Waals surface area (Å²) in [6, 6.07) is 0. The number of aryl methyl sites for hydroxylation is 1. The fraction of sp³-hybridized carbons (Fsp3) is 0.364. The van der Waals surface area contributed by atoms with Gasteiger partial charge in [-0.25, -0.2) is 4.98 Å². The van der Waals surface area contributed by atoms with Gasteiger partial charge in [0.1, 0.15) is 12.2 Å². The third-order valence-electron chi connectivity index (χ3n) is 2.78. The van der Waals surface area contributed by atoms with E-state index in [1.54, 1.807) is 17.7 Å². The third-order valence-corrected chi connectivity index (χ3v) is 3.55. The lowest BCUT2D eigenvalue weighted by Crippen LogP contribution is -2.18. The number of aromatic nitrogens is 5. The molecule has 0 radical (unpaired) electrons. The second-order valence-corrected chi connectivity index (χ2v) is 4.98. The Kier molecular flexibility index (Phi) is 3.07. The molecule has 94 valence electrons. The van der Waals surface area contributed by atoms with E-state index in [1.165, 1.54) is 0 Å². The van der Waals surface area contributed by atoms with Crippen LogP contribution < -0.4 is 5.32 Å². The molecule has 18 heavy (non-hydrogen) atoms. The van der Waals surface area contributed by atoms with Crippen LogP contribution in [0.3, 0.4) is 0 Å². The van der Waals surface area contributed by atoms with Crippen molar-refractivity contribution in [2.75, 3.05) is 6.54 Å². The van der Waals surface area contributed by atoms with E-state index >= 15 is 0 Å². The number of nitrogens with one attached hydrogen (secondary N) is 1. The van der Waals surface area contributed by atoms with Crippen molar-refractivity contribution >= 4 is 16.3 Å². The zero-order chi connectivity index (χ0) is 12.4. The Hall–Kier alpha value is -1.73. The van der Waals surface area contributed by atoms with Gasteiger partial charge in [-0.15, -0.1) is 21.5 Å². The zero-order valence-corrected chi connectivity index (χ0v) is 10.9. The van der Waals surface area contributed by atoms with Crippen LogP contribution >= 0.6 is 11.3 Å². The molecule has 3 aromatic heterocycles. The van der Waals surface area contributed by atoms with Crippen molar-refractivity contribution in [2.24, 2.45) is 7.05 Å². The summed E-state index contributed by atoms with van der Waals surface area (Å²) in [4.78, 5) is 5.55. The van der Waals surface area contributed by atoms with Crippen molar-refractivity contribution < 1.29 is 0 Å². The molecule has 1 N–H and O–H groups in total. The quantitative estimate of drug-likeness (QED) is 0.693. The maximum atomic E-state index is 4.51. The summed E-state index contributed by atoms with van der Waals surface area (Å²) >= 11 is 1.65. The number of thiazole rings is 1. The molecule has 3 heterocycles. The average Bonchev–Trinajstić information content (AvgIpc) is 3.00. The summed E-state index contributed by atoms with van der Waals surface area (Å²) in [5.41, 5.74) is 1.07. The highest BCUT2D eigenvalue weighted by Gasteiger charge is 2.03. The third kappa shape index (κ3) is 2.27. The van der Waals surface area contributed by atoms with E-state index in [4.69, 9.17) is 0 Å². The van der Waals surface area contributed by atoms with Crippen LogP contribution in [0.15, 0.2) is 24.1 Å². The number of hydrogen-bond acceptors (Lipinski definition) is 5. The van der Waals surface area contributed by atoms with E-state index in [0.29, 0.717) is 0 Å². The normalized spacial score (nSPS) is 11.4. The van der Waals surface area contributed by atoms with Crippen molar-refractivity contribution in [2.45, 2.75) is 13.0 Å². The lowest BCUT2D eigenvalue weighted by Gasteiger charge is -2.02. The van der Waals surface area contributed by atoms with Crippen molar-refractivity contribution in [3.05, 3.63) is 35.6 Å².